The maximum Gasteiger partial charge on any atom is 0.410 e. The lowest BCUT2D eigenvalue weighted by Crippen LogP contribution is -2.55. The summed E-state index contributed by atoms with van der Waals surface area (Å²) in [6.07, 6.45) is 7.19. The molecule has 6 heteroatoms. The van der Waals surface area contributed by atoms with Gasteiger partial charge in [-0.1, -0.05) is 0 Å². The Morgan fingerprint density at radius 2 is 1.60 bits per heavy atom. The number of likely N-dealkylation sites (tertiary alicyclic amines) is 1. The molecule has 1 saturated carbocycles. The number of rotatable bonds is 1. The first-order valence-corrected chi connectivity index (χ1v) is 9.88. The topological polar surface area (TPSA) is 61.9 Å². The molecular formula is C19H31N3O3. The fourth-order valence-corrected chi connectivity index (χ4v) is 5.34. The van der Waals surface area contributed by atoms with Gasteiger partial charge in [-0.05, 0) is 71.6 Å². The second-order valence-corrected chi connectivity index (χ2v) is 9.38. The molecular weight excluding hydrogens is 318 g/mol. The van der Waals surface area contributed by atoms with Gasteiger partial charge in [0, 0.05) is 30.7 Å². The first-order valence-electron chi connectivity index (χ1n) is 9.88. The van der Waals surface area contributed by atoms with Crippen molar-refractivity contribution in [3.63, 3.8) is 0 Å². The van der Waals surface area contributed by atoms with Gasteiger partial charge in [-0.25, -0.2) is 9.59 Å². The molecule has 3 saturated heterocycles. The third kappa shape index (κ3) is 3.32. The zero-order valence-corrected chi connectivity index (χ0v) is 15.7. The Morgan fingerprint density at radius 1 is 0.960 bits per heavy atom. The van der Waals surface area contributed by atoms with Crippen molar-refractivity contribution in [1.82, 2.24) is 15.1 Å². The molecule has 3 aliphatic heterocycles. The van der Waals surface area contributed by atoms with Crippen LogP contribution in [0.2, 0.25) is 0 Å². The minimum atomic E-state index is -0.462. The van der Waals surface area contributed by atoms with Gasteiger partial charge in [-0.2, -0.15) is 0 Å². The molecule has 1 aliphatic carbocycles. The van der Waals surface area contributed by atoms with Gasteiger partial charge in [0.05, 0.1) is 0 Å². The number of piperidine rings is 2. The van der Waals surface area contributed by atoms with Crippen LogP contribution in [-0.2, 0) is 4.74 Å². The zero-order chi connectivity index (χ0) is 17.8. The fourth-order valence-electron chi connectivity index (χ4n) is 5.34. The molecule has 4 rings (SSSR count). The molecule has 0 radical (unpaired) electrons. The maximum absolute atomic E-state index is 12.6. The second-order valence-electron chi connectivity index (χ2n) is 9.38. The third-order valence-electron chi connectivity index (χ3n) is 6.34. The zero-order valence-electron chi connectivity index (χ0n) is 15.7. The SMILES string of the molecule is CC(C)(C)OC(=O)N1C2CCC1CC(NC(=O)N1CC3CCC1C3)C2. The number of amides is 3. The first kappa shape index (κ1) is 17.0. The molecule has 4 bridgehead atoms. The van der Waals surface area contributed by atoms with E-state index in [1.807, 2.05) is 25.7 Å². The van der Waals surface area contributed by atoms with E-state index in [2.05, 4.69) is 10.2 Å². The Kier molecular flexibility index (Phi) is 4.12. The van der Waals surface area contributed by atoms with E-state index in [4.69, 9.17) is 4.74 Å². The summed E-state index contributed by atoms with van der Waals surface area (Å²) in [4.78, 5) is 29.1. The van der Waals surface area contributed by atoms with Crippen LogP contribution in [0, 0.1) is 5.92 Å². The molecule has 0 spiro atoms. The van der Waals surface area contributed by atoms with Gasteiger partial charge in [0.2, 0.25) is 0 Å². The van der Waals surface area contributed by atoms with Crippen LogP contribution in [0.1, 0.15) is 65.7 Å². The summed E-state index contributed by atoms with van der Waals surface area (Å²) < 4.78 is 5.58. The van der Waals surface area contributed by atoms with Crippen LogP contribution in [0.4, 0.5) is 9.59 Å². The molecule has 0 aromatic rings. The van der Waals surface area contributed by atoms with Crippen molar-refractivity contribution in [1.29, 1.82) is 0 Å². The van der Waals surface area contributed by atoms with Crippen LogP contribution in [0.3, 0.4) is 0 Å². The maximum atomic E-state index is 12.6. The molecule has 6 nitrogen and oxygen atoms in total. The van der Waals surface area contributed by atoms with Crippen molar-refractivity contribution in [3.8, 4) is 0 Å². The number of fused-ring (bicyclic) bond motifs is 4. The number of nitrogens with zero attached hydrogens (tertiary/aromatic N) is 2. The smallest absolute Gasteiger partial charge is 0.410 e. The average molecular weight is 349 g/mol. The van der Waals surface area contributed by atoms with E-state index in [0.717, 1.165) is 38.1 Å². The normalized spacial score (nSPS) is 36.7. The summed E-state index contributed by atoms with van der Waals surface area (Å²) in [7, 11) is 0. The number of ether oxygens (including phenoxy) is 1. The summed E-state index contributed by atoms with van der Waals surface area (Å²) in [5.74, 6) is 0.723. The van der Waals surface area contributed by atoms with Gasteiger partial charge in [-0.15, -0.1) is 0 Å². The lowest BCUT2D eigenvalue weighted by atomic mass is 9.98. The van der Waals surface area contributed by atoms with Crippen molar-refractivity contribution in [2.45, 2.75) is 95.5 Å². The predicted octanol–water partition coefficient (Wildman–Crippen LogP) is 3.11. The highest BCUT2D eigenvalue weighted by atomic mass is 16.6. The Hall–Kier alpha value is -1.46. The second kappa shape index (κ2) is 6.06. The molecule has 4 unspecified atom stereocenters. The highest BCUT2D eigenvalue weighted by molar-refractivity contribution is 5.75. The molecule has 0 aromatic heterocycles. The summed E-state index contributed by atoms with van der Waals surface area (Å²) in [6, 6.07) is 1.16. The number of carbonyl (C=O) groups is 2. The number of hydrogen-bond donors (Lipinski definition) is 1. The van der Waals surface area contributed by atoms with Crippen LogP contribution in [0.5, 0.6) is 0 Å². The molecule has 4 aliphatic rings. The monoisotopic (exact) mass is 349 g/mol. The number of hydrogen-bond acceptors (Lipinski definition) is 3. The van der Waals surface area contributed by atoms with E-state index in [0.29, 0.717) is 6.04 Å². The van der Waals surface area contributed by atoms with E-state index in [1.165, 1.54) is 19.3 Å². The molecule has 3 amide bonds. The molecule has 4 fully saturated rings. The minimum Gasteiger partial charge on any atom is -0.444 e. The van der Waals surface area contributed by atoms with Crippen LogP contribution in [-0.4, -0.2) is 58.2 Å². The van der Waals surface area contributed by atoms with Crippen LogP contribution >= 0.6 is 0 Å². The Labute approximate surface area is 150 Å². The predicted molar refractivity (Wildman–Crippen MR) is 94.3 cm³/mol. The van der Waals surface area contributed by atoms with E-state index in [9.17, 15) is 9.59 Å². The lowest BCUT2D eigenvalue weighted by molar-refractivity contribution is 0.00505. The van der Waals surface area contributed by atoms with Crippen LogP contribution in [0.25, 0.3) is 0 Å². The third-order valence-corrected chi connectivity index (χ3v) is 6.34. The highest BCUT2D eigenvalue weighted by Crippen LogP contribution is 2.39. The Morgan fingerprint density at radius 3 is 2.12 bits per heavy atom. The van der Waals surface area contributed by atoms with Crippen molar-refractivity contribution < 1.29 is 14.3 Å². The number of urea groups is 1. The average Bonchev–Trinajstić information content (AvgIpc) is 3.19. The molecule has 0 aromatic carbocycles. The largest absolute Gasteiger partial charge is 0.444 e. The lowest BCUT2D eigenvalue weighted by Gasteiger charge is -2.40. The number of carbonyl (C=O) groups excluding carboxylic acids is 2. The van der Waals surface area contributed by atoms with E-state index in [1.54, 1.807) is 0 Å². The molecule has 140 valence electrons. The Bertz CT molecular complexity index is 545. The van der Waals surface area contributed by atoms with Gasteiger partial charge in [-0.3, -0.25) is 0 Å². The minimum absolute atomic E-state index is 0.113. The van der Waals surface area contributed by atoms with Gasteiger partial charge in [0.25, 0.3) is 0 Å². The van der Waals surface area contributed by atoms with Crippen molar-refractivity contribution in [2.75, 3.05) is 6.54 Å². The fraction of sp³-hybridized carbons (Fsp3) is 0.895. The highest BCUT2D eigenvalue weighted by Gasteiger charge is 2.46. The molecule has 4 atom stereocenters. The standard InChI is InChI=1S/C19H31N3O3/c1-19(2,3)25-18(24)22-15-6-7-16(22)10-13(9-15)20-17(23)21-11-12-4-5-14(21)8-12/h12-16H,4-11H2,1-3H3,(H,20,23). The van der Waals surface area contributed by atoms with Gasteiger partial charge >= 0.3 is 12.1 Å². The van der Waals surface area contributed by atoms with E-state index >= 15 is 0 Å². The Balaban J connectivity index is 1.34. The summed E-state index contributed by atoms with van der Waals surface area (Å²) in [5.41, 5.74) is -0.462. The number of nitrogens with one attached hydrogen (secondary N) is 1. The molecule has 25 heavy (non-hydrogen) atoms. The van der Waals surface area contributed by atoms with Gasteiger partial charge < -0.3 is 19.9 Å². The summed E-state index contributed by atoms with van der Waals surface area (Å²) in [5, 5.41) is 3.26. The van der Waals surface area contributed by atoms with Crippen LogP contribution < -0.4 is 5.32 Å². The molecule has 3 heterocycles. The molecule has 1 N–H and O–H groups in total. The van der Waals surface area contributed by atoms with Crippen LogP contribution in [0.15, 0.2) is 0 Å². The van der Waals surface area contributed by atoms with E-state index in [-0.39, 0.29) is 30.2 Å². The quantitative estimate of drug-likeness (QED) is 0.791. The summed E-state index contributed by atoms with van der Waals surface area (Å²) in [6.45, 7) is 6.65. The van der Waals surface area contributed by atoms with Gasteiger partial charge in [0.15, 0.2) is 0 Å². The summed E-state index contributed by atoms with van der Waals surface area (Å²) >= 11 is 0. The first-order chi connectivity index (χ1) is 11.8. The van der Waals surface area contributed by atoms with Crippen molar-refractivity contribution in [3.05, 3.63) is 0 Å². The van der Waals surface area contributed by atoms with Crippen molar-refractivity contribution >= 4 is 12.1 Å². The van der Waals surface area contributed by atoms with Crippen molar-refractivity contribution in [2.24, 2.45) is 5.92 Å². The van der Waals surface area contributed by atoms with Gasteiger partial charge in [0.1, 0.15) is 5.60 Å². The van der Waals surface area contributed by atoms with E-state index < -0.39 is 5.60 Å².